The molecule has 0 spiro atoms. The molecule has 0 aromatic carbocycles. The van der Waals surface area contributed by atoms with Gasteiger partial charge < -0.3 is 14.6 Å². The van der Waals surface area contributed by atoms with Crippen LogP contribution >= 0.6 is 0 Å². The van der Waals surface area contributed by atoms with Crippen LogP contribution in [0.5, 0.6) is 0 Å². The maximum atomic E-state index is 12.9. The number of ether oxygens (including phenoxy) is 2. The zero-order valence-electron chi connectivity index (χ0n) is 39.2. The zero-order chi connectivity index (χ0) is 42.5. The lowest BCUT2D eigenvalue weighted by Gasteiger charge is -2.42. The van der Waals surface area contributed by atoms with E-state index in [1.165, 1.54) is 96.3 Å². The summed E-state index contributed by atoms with van der Waals surface area (Å²) in [4.78, 5) is 39.6. The van der Waals surface area contributed by atoms with Gasteiger partial charge in [0.2, 0.25) is 0 Å². The molecule has 1 N–H and O–H groups in total. The second-order valence-corrected chi connectivity index (χ2v) is 18.8. The predicted octanol–water partition coefficient (Wildman–Crippen LogP) is 15.0. The third-order valence-electron chi connectivity index (χ3n) is 12.0. The number of carbonyl (C=O) groups is 3. The standard InChI is InChI=1S/C50H97NO6/c1-8-11-14-17-20-29-36-43-56-46(52)39-32-25-21-27-34-41-51(50(6,7)44-49(4,5)48(54)55)42-35-28-22-26-33-40-47(53)57-45(37-30-23-18-15-12-9-2)38-31-24-19-16-13-10-3/h45H,8-44H2,1-7H3,(H,54,55). The molecule has 7 nitrogen and oxygen atoms in total. The third-order valence-corrected chi connectivity index (χ3v) is 12.0. The van der Waals surface area contributed by atoms with Gasteiger partial charge in [0.25, 0.3) is 0 Å². The van der Waals surface area contributed by atoms with E-state index in [0.29, 0.717) is 25.9 Å². The number of nitrogens with zero attached hydrogens (tertiary/aromatic N) is 1. The van der Waals surface area contributed by atoms with Crippen LogP contribution in [0.25, 0.3) is 0 Å². The molecule has 0 saturated carbocycles. The first-order valence-electron chi connectivity index (χ1n) is 24.7. The Kier molecular flexibility index (Phi) is 36.3. The van der Waals surface area contributed by atoms with Crippen LogP contribution in [0.3, 0.4) is 0 Å². The SMILES string of the molecule is CCCCCCCCCOC(=O)CCCCCCCN(CCCCCCCC(=O)OC(CCCCCCCC)CCCCCCCC)C(C)(C)CC(C)(C)C(=O)O. The van der Waals surface area contributed by atoms with Gasteiger partial charge in [0.15, 0.2) is 0 Å². The van der Waals surface area contributed by atoms with Gasteiger partial charge in [-0.05, 0) is 105 Å². The number of rotatable bonds is 43. The molecule has 0 radical (unpaired) electrons. The predicted molar refractivity (Wildman–Crippen MR) is 242 cm³/mol. The first kappa shape index (κ1) is 55.4. The Hall–Kier alpha value is -1.63. The van der Waals surface area contributed by atoms with Crippen LogP contribution in [-0.4, -0.2) is 59.3 Å². The minimum absolute atomic E-state index is 0.00956. The van der Waals surface area contributed by atoms with E-state index in [2.05, 4.69) is 39.5 Å². The van der Waals surface area contributed by atoms with E-state index in [9.17, 15) is 19.5 Å². The molecule has 0 fully saturated rings. The highest BCUT2D eigenvalue weighted by molar-refractivity contribution is 5.73. The quantitative estimate of drug-likeness (QED) is 0.0484. The number of carboxylic acids is 1. The first-order chi connectivity index (χ1) is 27.4. The van der Waals surface area contributed by atoms with Gasteiger partial charge >= 0.3 is 17.9 Å². The molecule has 0 aromatic rings. The van der Waals surface area contributed by atoms with E-state index in [1.807, 2.05) is 13.8 Å². The van der Waals surface area contributed by atoms with Crippen molar-refractivity contribution in [2.24, 2.45) is 5.41 Å². The fourth-order valence-electron chi connectivity index (χ4n) is 8.32. The number of unbranched alkanes of at least 4 members (excludes halogenated alkanes) is 24. The lowest BCUT2D eigenvalue weighted by atomic mass is 9.79. The molecular formula is C50H97NO6. The van der Waals surface area contributed by atoms with Crippen LogP contribution in [0.1, 0.15) is 267 Å². The fourth-order valence-corrected chi connectivity index (χ4v) is 8.32. The Balaban J connectivity index is 4.60. The van der Waals surface area contributed by atoms with Gasteiger partial charge in [-0.25, -0.2) is 0 Å². The topological polar surface area (TPSA) is 93.1 Å². The summed E-state index contributed by atoms with van der Waals surface area (Å²) in [7, 11) is 0. The molecule has 0 aromatic heterocycles. The molecule has 0 amide bonds. The summed E-state index contributed by atoms with van der Waals surface area (Å²) in [5.41, 5.74) is -1.02. The molecule has 338 valence electrons. The van der Waals surface area contributed by atoms with Gasteiger partial charge in [0.1, 0.15) is 6.10 Å². The van der Waals surface area contributed by atoms with Crippen molar-refractivity contribution in [3.05, 3.63) is 0 Å². The third kappa shape index (κ3) is 33.9. The van der Waals surface area contributed by atoms with E-state index in [-0.39, 0.29) is 23.6 Å². The average molecular weight is 808 g/mol. The number of hydrogen-bond donors (Lipinski definition) is 1. The van der Waals surface area contributed by atoms with E-state index in [0.717, 1.165) is 116 Å². The zero-order valence-corrected chi connectivity index (χ0v) is 39.2. The maximum Gasteiger partial charge on any atom is 0.309 e. The van der Waals surface area contributed by atoms with Crippen molar-refractivity contribution in [3.63, 3.8) is 0 Å². The van der Waals surface area contributed by atoms with Crippen LogP contribution < -0.4 is 0 Å². The molecule has 0 saturated heterocycles. The van der Waals surface area contributed by atoms with Crippen molar-refractivity contribution in [1.29, 1.82) is 0 Å². The highest BCUT2D eigenvalue weighted by Gasteiger charge is 2.37. The van der Waals surface area contributed by atoms with Crippen LogP contribution in [0.15, 0.2) is 0 Å². The van der Waals surface area contributed by atoms with Crippen molar-refractivity contribution in [3.8, 4) is 0 Å². The van der Waals surface area contributed by atoms with Crippen LogP contribution in [0, 0.1) is 5.41 Å². The number of carbonyl (C=O) groups excluding carboxylic acids is 2. The maximum absolute atomic E-state index is 12.9. The number of carboxylic acid groups (broad SMARTS) is 1. The largest absolute Gasteiger partial charge is 0.481 e. The van der Waals surface area contributed by atoms with Crippen molar-refractivity contribution in [1.82, 2.24) is 4.90 Å². The fraction of sp³-hybridized carbons (Fsp3) is 0.940. The Morgan fingerprint density at radius 2 is 0.860 bits per heavy atom. The average Bonchev–Trinajstić information content (AvgIpc) is 3.16. The van der Waals surface area contributed by atoms with Crippen molar-refractivity contribution >= 4 is 17.9 Å². The summed E-state index contributed by atoms with van der Waals surface area (Å²) in [6.45, 7) is 17.3. The molecule has 0 heterocycles. The monoisotopic (exact) mass is 808 g/mol. The second kappa shape index (κ2) is 37.4. The first-order valence-corrected chi connectivity index (χ1v) is 24.7. The van der Waals surface area contributed by atoms with Crippen LogP contribution in [0.2, 0.25) is 0 Å². The lowest BCUT2D eigenvalue weighted by Crippen LogP contribution is -2.49. The summed E-state index contributed by atoms with van der Waals surface area (Å²) in [6.07, 6.45) is 37.9. The van der Waals surface area contributed by atoms with Gasteiger partial charge in [-0.1, -0.05) is 162 Å². The van der Waals surface area contributed by atoms with Crippen molar-refractivity contribution < 1.29 is 29.0 Å². The van der Waals surface area contributed by atoms with Crippen LogP contribution in [-0.2, 0) is 23.9 Å². The van der Waals surface area contributed by atoms with E-state index < -0.39 is 11.4 Å². The van der Waals surface area contributed by atoms with Crippen molar-refractivity contribution in [2.75, 3.05) is 19.7 Å². The molecule has 0 bridgehead atoms. The molecule has 0 aliphatic carbocycles. The molecule has 0 rings (SSSR count). The molecule has 0 atom stereocenters. The van der Waals surface area contributed by atoms with Gasteiger partial charge in [-0.2, -0.15) is 0 Å². The summed E-state index contributed by atoms with van der Waals surface area (Å²) >= 11 is 0. The minimum Gasteiger partial charge on any atom is -0.481 e. The molecule has 0 unspecified atom stereocenters. The Labute approximate surface area is 354 Å². The summed E-state index contributed by atoms with van der Waals surface area (Å²) < 4.78 is 11.5. The number of esters is 2. The minimum atomic E-state index is -0.790. The highest BCUT2D eigenvalue weighted by atomic mass is 16.5. The Morgan fingerprint density at radius 1 is 0.491 bits per heavy atom. The second-order valence-electron chi connectivity index (χ2n) is 18.8. The normalized spacial score (nSPS) is 12.2. The van der Waals surface area contributed by atoms with Gasteiger partial charge in [0, 0.05) is 18.4 Å². The number of aliphatic carboxylic acids is 1. The van der Waals surface area contributed by atoms with E-state index >= 15 is 0 Å². The summed E-state index contributed by atoms with van der Waals surface area (Å²) in [5.74, 6) is -0.808. The molecule has 7 heteroatoms. The van der Waals surface area contributed by atoms with Gasteiger partial charge in [-0.3, -0.25) is 19.3 Å². The smallest absolute Gasteiger partial charge is 0.309 e. The van der Waals surface area contributed by atoms with E-state index in [1.54, 1.807) is 0 Å². The van der Waals surface area contributed by atoms with Gasteiger partial charge in [0.05, 0.1) is 12.0 Å². The Bertz CT molecular complexity index is 933. The van der Waals surface area contributed by atoms with Crippen molar-refractivity contribution in [2.45, 2.75) is 278 Å². The van der Waals surface area contributed by atoms with Crippen LogP contribution in [0.4, 0.5) is 0 Å². The molecule has 57 heavy (non-hydrogen) atoms. The summed E-state index contributed by atoms with van der Waals surface area (Å²) in [6, 6.07) is 0. The molecule has 0 aliphatic heterocycles. The Morgan fingerprint density at radius 3 is 1.30 bits per heavy atom. The lowest BCUT2D eigenvalue weighted by molar-refractivity contribution is -0.150. The van der Waals surface area contributed by atoms with Gasteiger partial charge in [-0.15, -0.1) is 0 Å². The summed E-state index contributed by atoms with van der Waals surface area (Å²) in [5, 5.41) is 9.88. The van der Waals surface area contributed by atoms with E-state index in [4.69, 9.17) is 9.47 Å². The highest BCUT2D eigenvalue weighted by Crippen LogP contribution is 2.33. The molecule has 0 aliphatic rings. The number of hydrogen-bond acceptors (Lipinski definition) is 6. The molecular weight excluding hydrogens is 711 g/mol.